The first-order valence-electron chi connectivity index (χ1n) is 10.2. The topological polar surface area (TPSA) is 53.7 Å². The number of aryl methyl sites for hydroxylation is 1. The Morgan fingerprint density at radius 1 is 1.18 bits per heavy atom. The third-order valence-corrected chi connectivity index (χ3v) is 6.00. The summed E-state index contributed by atoms with van der Waals surface area (Å²) in [7, 11) is 0. The molecule has 1 aliphatic rings. The number of fused-ring (bicyclic) bond motifs is 1. The smallest absolute Gasteiger partial charge is 0.336 e. The number of aromatic hydroxyl groups is 1. The highest BCUT2D eigenvalue weighted by molar-refractivity contribution is 5.96. The van der Waals surface area contributed by atoms with Crippen LogP contribution in [0.15, 0.2) is 51.7 Å². The molecule has 0 saturated carbocycles. The van der Waals surface area contributed by atoms with Crippen molar-refractivity contribution < 1.29 is 9.52 Å². The van der Waals surface area contributed by atoms with E-state index in [-0.39, 0.29) is 5.75 Å². The Balaban J connectivity index is 1.86. The summed E-state index contributed by atoms with van der Waals surface area (Å²) in [5.41, 5.74) is 3.42. The number of rotatable bonds is 4. The van der Waals surface area contributed by atoms with E-state index in [0.29, 0.717) is 23.7 Å². The molecule has 0 radical (unpaired) electrons. The molecule has 1 fully saturated rings. The van der Waals surface area contributed by atoms with Gasteiger partial charge < -0.3 is 9.52 Å². The van der Waals surface area contributed by atoms with E-state index in [2.05, 4.69) is 11.8 Å². The number of hydrogen-bond acceptors (Lipinski definition) is 4. The van der Waals surface area contributed by atoms with Gasteiger partial charge in [0.1, 0.15) is 11.3 Å². The van der Waals surface area contributed by atoms with Gasteiger partial charge in [0.05, 0.1) is 0 Å². The fourth-order valence-electron chi connectivity index (χ4n) is 4.44. The summed E-state index contributed by atoms with van der Waals surface area (Å²) in [6, 6.07) is 14.0. The lowest BCUT2D eigenvalue weighted by Gasteiger charge is -2.35. The lowest BCUT2D eigenvalue weighted by molar-refractivity contribution is 0.135. The fraction of sp³-hybridized carbons (Fsp3) is 0.375. The van der Waals surface area contributed by atoms with Gasteiger partial charge in [-0.3, -0.25) is 4.90 Å². The Kier molecular flexibility index (Phi) is 5.23. The Labute approximate surface area is 165 Å². The van der Waals surface area contributed by atoms with Crippen LogP contribution >= 0.6 is 0 Å². The van der Waals surface area contributed by atoms with Crippen LogP contribution in [0.25, 0.3) is 22.1 Å². The van der Waals surface area contributed by atoms with Crippen molar-refractivity contribution in [3.8, 4) is 16.9 Å². The minimum absolute atomic E-state index is 0.237. The first-order chi connectivity index (χ1) is 13.6. The maximum Gasteiger partial charge on any atom is 0.336 e. The molecule has 4 nitrogen and oxygen atoms in total. The van der Waals surface area contributed by atoms with Crippen molar-refractivity contribution in [2.24, 2.45) is 0 Å². The number of phenolic OH excluding ortho intramolecular Hbond substituents is 1. The van der Waals surface area contributed by atoms with Crippen LogP contribution in [0.2, 0.25) is 0 Å². The molecule has 146 valence electrons. The van der Waals surface area contributed by atoms with Gasteiger partial charge >= 0.3 is 5.63 Å². The van der Waals surface area contributed by atoms with Crippen LogP contribution in [0, 0.1) is 6.92 Å². The van der Waals surface area contributed by atoms with Crippen molar-refractivity contribution in [2.45, 2.75) is 52.1 Å². The third-order valence-electron chi connectivity index (χ3n) is 6.00. The standard InChI is InChI=1S/C24H27NO3/c1-3-19-11-7-8-12-25(19)15-18-13-21-20(17-9-5-4-6-10-17)14-22(26)28-24(21)16(2)23(18)27/h4-6,9-10,13-14,19,27H,3,7-8,11-12,15H2,1-2H3/t19-/m0/s1. The van der Waals surface area contributed by atoms with E-state index in [0.717, 1.165) is 35.0 Å². The predicted octanol–water partition coefficient (Wildman–Crippen LogP) is 5.24. The quantitative estimate of drug-likeness (QED) is 0.632. The molecule has 4 heteroatoms. The zero-order valence-corrected chi connectivity index (χ0v) is 16.6. The Hall–Kier alpha value is -2.59. The molecule has 0 unspecified atom stereocenters. The number of piperidine rings is 1. The normalized spacial score (nSPS) is 17.9. The van der Waals surface area contributed by atoms with Crippen molar-refractivity contribution in [3.05, 3.63) is 64.0 Å². The summed E-state index contributed by atoms with van der Waals surface area (Å²) >= 11 is 0. The second kappa shape index (κ2) is 7.80. The summed E-state index contributed by atoms with van der Waals surface area (Å²) in [5, 5.41) is 11.7. The first kappa shape index (κ1) is 18.8. The predicted molar refractivity (Wildman–Crippen MR) is 113 cm³/mol. The number of nitrogens with zero attached hydrogens (tertiary/aromatic N) is 1. The molecule has 0 aliphatic carbocycles. The molecule has 4 rings (SSSR count). The van der Waals surface area contributed by atoms with Gasteiger partial charge in [-0.25, -0.2) is 4.79 Å². The molecule has 28 heavy (non-hydrogen) atoms. The highest BCUT2D eigenvalue weighted by Gasteiger charge is 2.23. The van der Waals surface area contributed by atoms with Gasteiger partial charge in [0.2, 0.25) is 0 Å². The van der Waals surface area contributed by atoms with Crippen LogP contribution in [0.3, 0.4) is 0 Å². The Bertz CT molecular complexity index is 1040. The molecule has 2 heterocycles. The van der Waals surface area contributed by atoms with E-state index in [1.807, 2.05) is 43.3 Å². The lowest BCUT2D eigenvalue weighted by atomic mass is 9.95. The molecule has 3 aromatic rings. The van der Waals surface area contributed by atoms with Crippen molar-refractivity contribution in [3.63, 3.8) is 0 Å². The van der Waals surface area contributed by atoms with Crippen molar-refractivity contribution in [1.29, 1.82) is 0 Å². The van der Waals surface area contributed by atoms with Crippen LogP contribution in [0.1, 0.15) is 43.7 Å². The minimum Gasteiger partial charge on any atom is -0.507 e. The highest BCUT2D eigenvalue weighted by atomic mass is 16.4. The van der Waals surface area contributed by atoms with E-state index in [1.54, 1.807) is 6.07 Å². The van der Waals surface area contributed by atoms with E-state index in [9.17, 15) is 9.90 Å². The third kappa shape index (κ3) is 3.45. The van der Waals surface area contributed by atoms with Gasteiger partial charge in [0.15, 0.2) is 0 Å². The number of likely N-dealkylation sites (tertiary alicyclic amines) is 1. The maximum atomic E-state index is 12.2. The van der Waals surface area contributed by atoms with E-state index >= 15 is 0 Å². The van der Waals surface area contributed by atoms with Gasteiger partial charge in [-0.1, -0.05) is 43.7 Å². The van der Waals surface area contributed by atoms with Gasteiger partial charge in [-0.05, 0) is 49.9 Å². The zero-order valence-electron chi connectivity index (χ0n) is 16.6. The average molecular weight is 377 g/mol. The van der Waals surface area contributed by atoms with Gasteiger partial charge in [-0.15, -0.1) is 0 Å². The molecule has 1 aliphatic heterocycles. The summed E-state index contributed by atoms with van der Waals surface area (Å²) in [6.07, 6.45) is 4.82. The first-order valence-corrected chi connectivity index (χ1v) is 10.2. The Morgan fingerprint density at radius 2 is 1.96 bits per heavy atom. The summed E-state index contributed by atoms with van der Waals surface area (Å²) in [6.45, 7) is 5.84. The number of hydrogen-bond donors (Lipinski definition) is 1. The van der Waals surface area contributed by atoms with Crippen LogP contribution in [-0.2, 0) is 6.54 Å². The van der Waals surface area contributed by atoms with Crippen molar-refractivity contribution in [2.75, 3.05) is 6.54 Å². The molecular weight excluding hydrogens is 350 g/mol. The molecule has 1 saturated heterocycles. The van der Waals surface area contributed by atoms with Crippen molar-refractivity contribution >= 4 is 11.0 Å². The summed E-state index contributed by atoms with van der Waals surface area (Å²) in [5.74, 6) is 0.237. The van der Waals surface area contributed by atoms with Crippen LogP contribution in [0.4, 0.5) is 0 Å². The molecule has 0 spiro atoms. The fourth-order valence-corrected chi connectivity index (χ4v) is 4.44. The average Bonchev–Trinajstić information content (AvgIpc) is 2.73. The highest BCUT2D eigenvalue weighted by Crippen LogP contribution is 2.36. The lowest BCUT2D eigenvalue weighted by Crippen LogP contribution is -2.38. The van der Waals surface area contributed by atoms with E-state index in [4.69, 9.17) is 4.42 Å². The van der Waals surface area contributed by atoms with Gasteiger partial charge in [0.25, 0.3) is 0 Å². The second-order valence-corrected chi connectivity index (χ2v) is 7.76. The zero-order chi connectivity index (χ0) is 19.7. The molecule has 2 aromatic carbocycles. The van der Waals surface area contributed by atoms with Crippen LogP contribution in [0.5, 0.6) is 5.75 Å². The molecular formula is C24H27NO3. The molecule has 0 amide bonds. The number of phenols is 1. The van der Waals surface area contributed by atoms with Crippen molar-refractivity contribution in [1.82, 2.24) is 4.90 Å². The van der Waals surface area contributed by atoms with E-state index < -0.39 is 5.63 Å². The molecule has 0 bridgehead atoms. The number of benzene rings is 2. The molecule has 1 atom stereocenters. The van der Waals surface area contributed by atoms with Gasteiger partial charge in [-0.2, -0.15) is 0 Å². The second-order valence-electron chi connectivity index (χ2n) is 7.76. The van der Waals surface area contributed by atoms with Crippen LogP contribution < -0.4 is 5.63 Å². The summed E-state index contributed by atoms with van der Waals surface area (Å²) in [4.78, 5) is 14.6. The SMILES string of the molecule is CC[C@H]1CCCCN1Cc1cc2c(-c3ccccc3)cc(=O)oc2c(C)c1O. The van der Waals surface area contributed by atoms with Gasteiger partial charge in [0, 0.05) is 35.2 Å². The Morgan fingerprint density at radius 3 is 2.71 bits per heavy atom. The summed E-state index contributed by atoms with van der Waals surface area (Å²) < 4.78 is 5.49. The minimum atomic E-state index is -0.399. The maximum absolute atomic E-state index is 12.2. The van der Waals surface area contributed by atoms with Crippen LogP contribution in [-0.4, -0.2) is 22.6 Å². The monoisotopic (exact) mass is 377 g/mol. The van der Waals surface area contributed by atoms with E-state index in [1.165, 1.54) is 19.3 Å². The largest absolute Gasteiger partial charge is 0.507 e. The molecule has 1 N–H and O–H groups in total. The molecule has 1 aromatic heterocycles.